The molecule has 0 saturated carbocycles. The zero-order valence-electron chi connectivity index (χ0n) is 14.2. The lowest BCUT2D eigenvalue weighted by Crippen LogP contribution is -2.48. The normalized spacial score (nSPS) is 23.4. The van der Waals surface area contributed by atoms with Gasteiger partial charge in [-0.2, -0.15) is 0 Å². The molecular formula is C16H28N4O. The van der Waals surface area contributed by atoms with Crippen LogP contribution in [0.4, 0.5) is 11.6 Å². The third-order valence-electron chi connectivity index (χ3n) is 4.28. The van der Waals surface area contributed by atoms with Gasteiger partial charge in [0.15, 0.2) is 0 Å². The van der Waals surface area contributed by atoms with Crippen molar-refractivity contribution in [3.8, 4) is 0 Å². The van der Waals surface area contributed by atoms with Gasteiger partial charge in [0.2, 0.25) is 0 Å². The molecule has 0 bridgehead atoms. The highest BCUT2D eigenvalue weighted by molar-refractivity contribution is 5.57. The van der Waals surface area contributed by atoms with Crippen molar-refractivity contribution in [1.82, 2.24) is 9.97 Å². The van der Waals surface area contributed by atoms with Gasteiger partial charge in [-0.1, -0.05) is 20.8 Å². The molecule has 1 aliphatic heterocycles. The number of anilines is 2. The Balaban J connectivity index is 2.41. The fraction of sp³-hybridized carbons (Fsp3) is 0.750. The summed E-state index contributed by atoms with van der Waals surface area (Å²) >= 11 is 0. The summed E-state index contributed by atoms with van der Waals surface area (Å²) in [6, 6.07) is 0. The third-order valence-corrected chi connectivity index (χ3v) is 4.28. The van der Waals surface area contributed by atoms with Crippen molar-refractivity contribution in [3.63, 3.8) is 0 Å². The van der Waals surface area contributed by atoms with Gasteiger partial charge in [-0.05, 0) is 26.7 Å². The average molecular weight is 292 g/mol. The molecule has 118 valence electrons. The van der Waals surface area contributed by atoms with Gasteiger partial charge in [0, 0.05) is 31.2 Å². The summed E-state index contributed by atoms with van der Waals surface area (Å²) in [5.74, 6) is 2.33. The minimum atomic E-state index is -0.119. The van der Waals surface area contributed by atoms with Gasteiger partial charge in [-0.25, -0.2) is 9.97 Å². The number of piperidine rings is 1. The maximum Gasteiger partial charge on any atom is 0.138 e. The molecule has 0 amide bonds. The number of nitrogen functional groups attached to an aromatic ring is 1. The first kappa shape index (κ1) is 16.0. The van der Waals surface area contributed by atoms with Crippen molar-refractivity contribution in [3.05, 3.63) is 11.4 Å². The van der Waals surface area contributed by atoms with E-state index in [0.29, 0.717) is 5.82 Å². The second kappa shape index (κ2) is 5.44. The summed E-state index contributed by atoms with van der Waals surface area (Å²) in [6.45, 7) is 12.3. The fourth-order valence-electron chi connectivity index (χ4n) is 2.72. The van der Waals surface area contributed by atoms with Crippen LogP contribution in [0.5, 0.6) is 0 Å². The largest absolute Gasteiger partial charge is 0.383 e. The maximum absolute atomic E-state index is 6.12. The van der Waals surface area contributed by atoms with Crippen LogP contribution >= 0.6 is 0 Å². The van der Waals surface area contributed by atoms with E-state index in [4.69, 9.17) is 15.5 Å². The monoisotopic (exact) mass is 292 g/mol. The summed E-state index contributed by atoms with van der Waals surface area (Å²) in [4.78, 5) is 11.6. The summed E-state index contributed by atoms with van der Waals surface area (Å²) in [5.41, 5.74) is 6.84. The zero-order valence-corrected chi connectivity index (χ0v) is 14.2. The molecular weight excluding hydrogens is 264 g/mol. The Hall–Kier alpha value is -1.36. The van der Waals surface area contributed by atoms with E-state index in [9.17, 15) is 0 Å². The van der Waals surface area contributed by atoms with E-state index in [1.54, 1.807) is 7.11 Å². The molecule has 1 aromatic rings. The maximum atomic E-state index is 6.12. The minimum absolute atomic E-state index is 0.114. The Morgan fingerprint density at radius 1 is 1.29 bits per heavy atom. The number of aromatic nitrogens is 2. The number of rotatable bonds is 2. The summed E-state index contributed by atoms with van der Waals surface area (Å²) < 4.78 is 5.68. The van der Waals surface area contributed by atoms with Gasteiger partial charge >= 0.3 is 0 Å². The molecule has 1 aromatic heterocycles. The molecule has 5 heteroatoms. The quantitative estimate of drug-likeness (QED) is 0.908. The highest BCUT2D eigenvalue weighted by atomic mass is 16.5. The Morgan fingerprint density at radius 2 is 1.95 bits per heavy atom. The molecule has 2 heterocycles. The van der Waals surface area contributed by atoms with Crippen molar-refractivity contribution in [1.29, 1.82) is 0 Å². The summed E-state index contributed by atoms with van der Waals surface area (Å²) in [6.07, 6.45) is 2.17. The van der Waals surface area contributed by atoms with Crippen molar-refractivity contribution in [2.75, 3.05) is 30.8 Å². The van der Waals surface area contributed by atoms with Crippen LogP contribution in [-0.4, -0.2) is 35.8 Å². The number of nitrogens with zero attached hydrogens (tertiary/aromatic N) is 3. The van der Waals surface area contributed by atoms with Crippen LogP contribution in [0.3, 0.4) is 0 Å². The molecule has 5 nitrogen and oxygen atoms in total. The molecule has 1 atom stereocenters. The van der Waals surface area contributed by atoms with E-state index in [0.717, 1.165) is 43.1 Å². The number of ether oxygens (including phenoxy) is 1. The number of hydrogen-bond acceptors (Lipinski definition) is 5. The fourth-order valence-corrected chi connectivity index (χ4v) is 2.72. The molecule has 21 heavy (non-hydrogen) atoms. The van der Waals surface area contributed by atoms with Gasteiger partial charge in [0.1, 0.15) is 17.5 Å². The second-order valence-electron chi connectivity index (χ2n) is 7.31. The van der Waals surface area contributed by atoms with Crippen LogP contribution in [-0.2, 0) is 10.2 Å². The van der Waals surface area contributed by atoms with E-state index in [1.807, 2.05) is 6.92 Å². The molecule has 1 saturated heterocycles. The number of hydrogen-bond donors (Lipinski definition) is 1. The predicted octanol–water partition coefficient (Wildman–Crippen LogP) is 2.67. The van der Waals surface area contributed by atoms with E-state index >= 15 is 0 Å². The first-order chi connectivity index (χ1) is 9.66. The van der Waals surface area contributed by atoms with E-state index in [1.165, 1.54) is 0 Å². The Kier molecular flexibility index (Phi) is 4.15. The predicted molar refractivity (Wildman–Crippen MR) is 86.7 cm³/mol. The minimum Gasteiger partial charge on any atom is -0.383 e. The SMILES string of the molecule is COC1(C)CCCN(c2nc(C(C)(C)C)nc(N)c2C)C1. The van der Waals surface area contributed by atoms with Gasteiger partial charge in [0.05, 0.1) is 5.60 Å². The van der Waals surface area contributed by atoms with E-state index in [2.05, 4.69) is 37.6 Å². The van der Waals surface area contributed by atoms with Crippen molar-refractivity contribution >= 4 is 11.6 Å². The first-order valence-corrected chi connectivity index (χ1v) is 7.61. The van der Waals surface area contributed by atoms with Crippen LogP contribution in [0, 0.1) is 6.92 Å². The van der Waals surface area contributed by atoms with Crippen molar-refractivity contribution < 1.29 is 4.74 Å². The summed E-state index contributed by atoms with van der Waals surface area (Å²) in [5, 5.41) is 0. The van der Waals surface area contributed by atoms with Crippen LogP contribution in [0.15, 0.2) is 0 Å². The van der Waals surface area contributed by atoms with Gasteiger partial charge in [-0.15, -0.1) is 0 Å². The van der Waals surface area contributed by atoms with Crippen LogP contribution in [0.25, 0.3) is 0 Å². The van der Waals surface area contributed by atoms with Gasteiger partial charge in [-0.3, -0.25) is 0 Å². The second-order valence-corrected chi connectivity index (χ2v) is 7.31. The number of methoxy groups -OCH3 is 1. The molecule has 2 rings (SSSR count). The Morgan fingerprint density at radius 3 is 2.52 bits per heavy atom. The molecule has 1 fully saturated rings. The Labute approximate surface area is 127 Å². The molecule has 0 aromatic carbocycles. The topological polar surface area (TPSA) is 64.3 Å². The van der Waals surface area contributed by atoms with Crippen molar-refractivity contribution in [2.45, 2.75) is 58.5 Å². The first-order valence-electron chi connectivity index (χ1n) is 7.61. The third kappa shape index (κ3) is 3.28. The molecule has 0 aliphatic carbocycles. The van der Waals surface area contributed by atoms with Crippen LogP contribution in [0.1, 0.15) is 51.9 Å². The van der Waals surface area contributed by atoms with E-state index < -0.39 is 0 Å². The average Bonchev–Trinajstić information content (AvgIpc) is 2.40. The standard InChI is InChI=1S/C16H28N4O/c1-11-12(17)18-14(15(2,3)4)19-13(11)20-9-7-8-16(5,10-20)21-6/h7-10H2,1-6H3,(H2,17,18,19). The van der Waals surface area contributed by atoms with Gasteiger partial charge in [0.25, 0.3) is 0 Å². The number of nitrogens with two attached hydrogens (primary N) is 1. The zero-order chi connectivity index (χ0) is 15.8. The Bertz CT molecular complexity index is 524. The van der Waals surface area contributed by atoms with Crippen molar-refractivity contribution in [2.24, 2.45) is 0 Å². The lowest BCUT2D eigenvalue weighted by molar-refractivity contribution is -0.00485. The molecule has 1 unspecified atom stereocenters. The highest BCUT2D eigenvalue weighted by Crippen LogP contribution is 2.32. The highest BCUT2D eigenvalue weighted by Gasteiger charge is 2.33. The smallest absolute Gasteiger partial charge is 0.138 e. The van der Waals surface area contributed by atoms with Gasteiger partial charge < -0.3 is 15.4 Å². The summed E-state index contributed by atoms with van der Waals surface area (Å²) in [7, 11) is 1.78. The molecule has 2 N–H and O–H groups in total. The lowest BCUT2D eigenvalue weighted by atomic mass is 9.94. The van der Waals surface area contributed by atoms with Crippen LogP contribution in [0.2, 0.25) is 0 Å². The van der Waals surface area contributed by atoms with E-state index in [-0.39, 0.29) is 11.0 Å². The molecule has 1 aliphatic rings. The molecule has 0 spiro atoms. The lowest BCUT2D eigenvalue weighted by Gasteiger charge is -2.40. The molecule has 0 radical (unpaired) electrons. The van der Waals surface area contributed by atoms with Crippen LogP contribution < -0.4 is 10.6 Å².